The maximum Gasteiger partial charge on any atom is 0.308 e. The minimum atomic E-state index is -3.90. The Morgan fingerprint density at radius 3 is 2.45 bits per heavy atom. The van der Waals surface area contributed by atoms with Crippen molar-refractivity contribution in [1.29, 1.82) is 0 Å². The smallest absolute Gasteiger partial charge is 0.308 e. The average Bonchev–Trinajstić information content (AvgIpc) is 3.33. The number of hydrogen-bond acceptors (Lipinski definition) is 6. The van der Waals surface area contributed by atoms with E-state index >= 15 is 0 Å². The molecule has 9 nitrogen and oxygen atoms in total. The Kier molecular flexibility index (Phi) is 7.49. The molecule has 0 amide bonds. The van der Waals surface area contributed by atoms with Crippen LogP contribution in [0.1, 0.15) is 43.1 Å². The van der Waals surface area contributed by atoms with Crippen molar-refractivity contribution >= 4 is 29.2 Å². The monoisotopic (exact) mass is 493 g/mol. The highest BCUT2D eigenvalue weighted by Gasteiger charge is 2.31. The van der Waals surface area contributed by atoms with E-state index in [0.29, 0.717) is 18.1 Å². The maximum atomic E-state index is 13.1. The van der Waals surface area contributed by atoms with Crippen molar-refractivity contribution in [3.63, 3.8) is 0 Å². The van der Waals surface area contributed by atoms with Crippen LogP contribution in [0.2, 0.25) is 25.7 Å². The van der Waals surface area contributed by atoms with Crippen molar-refractivity contribution in [3.8, 4) is 0 Å². The van der Waals surface area contributed by atoms with Crippen molar-refractivity contribution in [1.82, 2.24) is 23.0 Å². The van der Waals surface area contributed by atoms with E-state index in [-0.39, 0.29) is 18.3 Å². The molecule has 3 aromatic rings. The molecule has 0 aliphatic rings. The van der Waals surface area contributed by atoms with E-state index in [1.54, 1.807) is 4.68 Å². The largest absolute Gasteiger partial charge is 0.380 e. The van der Waals surface area contributed by atoms with Crippen molar-refractivity contribution in [2.45, 2.75) is 58.3 Å². The third kappa shape index (κ3) is 5.38. The summed E-state index contributed by atoms with van der Waals surface area (Å²) in [5, 5.41) is 16.7. The molecular weight excluding hydrogens is 458 g/mol. The Hall–Kier alpha value is -2.05. The van der Waals surface area contributed by atoms with E-state index in [1.165, 1.54) is 20.3 Å². The fourth-order valence-corrected chi connectivity index (χ4v) is 5.46. The summed E-state index contributed by atoms with van der Waals surface area (Å²) in [7, 11) is -2.20. The van der Waals surface area contributed by atoms with Crippen molar-refractivity contribution in [3.05, 3.63) is 47.7 Å². The summed E-state index contributed by atoms with van der Waals surface area (Å²) in [6.45, 7) is 11.5. The molecule has 0 aliphatic carbocycles. The van der Waals surface area contributed by atoms with Gasteiger partial charge in [-0.15, -0.1) is 0 Å². The molecule has 0 saturated carbocycles. The second kappa shape index (κ2) is 9.67. The molecule has 0 bridgehead atoms. The lowest BCUT2D eigenvalue weighted by Gasteiger charge is -2.20. The predicted octanol–water partition coefficient (Wildman–Crippen LogP) is 3.40. The van der Waals surface area contributed by atoms with E-state index in [1.807, 2.05) is 38.1 Å². The van der Waals surface area contributed by atoms with Crippen molar-refractivity contribution < 1.29 is 18.3 Å². The highest BCUT2D eigenvalue weighted by Crippen LogP contribution is 2.31. The molecule has 0 spiro atoms. The quantitative estimate of drug-likeness (QED) is 0.343. The lowest BCUT2D eigenvalue weighted by Crippen LogP contribution is -2.32. The number of para-hydroxylation sites is 1. The fourth-order valence-electron chi connectivity index (χ4n) is 3.47. The van der Waals surface area contributed by atoms with E-state index in [9.17, 15) is 13.5 Å². The molecule has 0 saturated heterocycles. The molecule has 1 unspecified atom stereocenters. The van der Waals surface area contributed by atoms with Crippen molar-refractivity contribution in [2.24, 2.45) is 0 Å². The zero-order chi connectivity index (χ0) is 24.6. The van der Waals surface area contributed by atoms with Gasteiger partial charge in [-0.05, 0) is 12.1 Å². The lowest BCUT2D eigenvalue weighted by molar-refractivity contribution is 0.0804. The average molecular weight is 494 g/mol. The van der Waals surface area contributed by atoms with E-state index < -0.39 is 24.4 Å². The molecule has 2 heterocycles. The molecule has 0 fully saturated rings. The summed E-state index contributed by atoms with van der Waals surface area (Å²) in [6.07, 6.45) is 0.132. The Balaban J connectivity index is 2.03. The van der Waals surface area contributed by atoms with Crippen LogP contribution < -0.4 is 0 Å². The van der Waals surface area contributed by atoms with Gasteiger partial charge in [-0.3, -0.25) is 0 Å². The summed E-state index contributed by atoms with van der Waals surface area (Å²) in [5.41, 5.74) is 1.33. The number of aliphatic hydroxyl groups excluding tert-OH is 1. The molecule has 1 atom stereocenters. The Morgan fingerprint density at radius 2 is 1.85 bits per heavy atom. The molecule has 2 aromatic heterocycles. The molecule has 33 heavy (non-hydrogen) atoms. The van der Waals surface area contributed by atoms with Crippen LogP contribution in [-0.2, 0) is 21.7 Å². The Morgan fingerprint density at radius 1 is 1.18 bits per heavy atom. The molecule has 3 rings (SSSR count). The lowest BCUT2D eigenvalue weighted by atomic mass is 10.1. The highest BCUT2D eigenvalue weighted by molar-refractivity contribution is 7.87. The molecule has 1 aromatic carbocycles. The first-order valence-corrected chi connectivity index (χ1v) is 16.2. The van der Waals surface area contributed by atoms with Gasteiger partial charge in [0.25, 0.3) is 0 Å². The van der Waals surface area contributed by atoms with Gasteiger partial charge < -0.3 is 9.84 Å². The van der Waals surface area contributed by atoms with Gasteiger partial charge in [0.15, 0.2) is 0 Å². The van der Waals surface area contributed by atoms with Gasteiger partial charge >= 0.3 is 10.2 Å². The standard InChI is InChI=1S/C22H35N5O4SSi/c1-16(2)22-23-14-19(27(22)32(29,30)25(3)4)21(28)20-17-10-8-9-11-18(17)26(24-20)15-31-12-13-33(5,6)7/h8-11,14,16,21,28H,12-13,15H2,1-7H3. The number of rotatable bonds is 10. The second-order valence-electron chi connectivity index (χ2n) is 9.90. The fraction of sp³-hybridized carbons (Fsp3) is 0.545. The normalized spacial score (nSPS) is 14.0. The van der Waals surface area contributed by atoms with Gasteiger partial charge in [0, 0.05) is 40.1 Å². The molecule has 182 valence electrons. The van der Waals surface area contributed by atoms with Gasteiger partial charge in [-0.1, -0.05) is 51.7 Å². The third-order valence-corrected chi connectivity index (χ3v) is 8.90. The van der Waals surface area contributed by atoms with Crippen LogP contribution in [0.4, 0.5) is 0 Å². The number of aromatic nitrogens is 4. The Labute approximate surface area is 197 Å². The van der Waals surface area contributed by atoms with Crippen molar-refractivity contribution in [2.75, 3.05) is 20.7 Å². The van der Waals surface area contributed by atoms with Crippen LogP contribution in [0.5, 0.6) is 0 Å². The van der Waals surface area contributed by atoms with Crippen LogP contribution >= 0.6 is 0 Å². The topological polar surface area (TPSA) is 102 Å². The number of hydrogen-bond donors (Lipinski definition) is 1. The van der Waals surface area contributed by atoms with Gasteiger partial charge in [0.1, 0.15) is 24.4 Å². The molecule has 0 aliphatic heterocycles. The summed E-state index contributed by atoms with van der Waals surface area (Å²) in [6, 6.07) is 8.58. The summed E-state index contributed by atoms with van der Waals surface area (Å²) >= 11 is 0. The van der Waals surface area contributed by atoms with Gasteiger partial charge in [-0.2, -0.15) is 17.8 Å². The van der Waals surface area contributed by atoms with E-state index in [4.69, 9.17) is 4.74 Å². The number of benzene rings is 1. The first-order valence-electron chi connectivity index (χ1n) is 11.1. The van der Waals surface area contributed by atoms with Crippen LogP contribution in [-0.4, -0.2) is 65.3 Å². The van der Waals surface area contributed by atoms with Crippen LogP contribution in [0, 0.1) is 0 Å². The summed E-state index contributed by atoms with van der Waals surface area (Å²) < 4.78 is 36.0. The van der Waals surface area contributed by atoms with Crippen LogP contribution in [0.3, 0.4) is 0 Å². The number of aliphatic hydroxyl groups is 1. The molecule has 1 N–H and O–H groups in total. The highest BCUT2D eigenvalue weighted by atomic mass is 32.2. The first kappa shape index (κ1) is 25.6. The van der Waals surface area contributed by atoms with Crippen LogP contribution in [0.15, 0.2) is 30.5 Å². The molecule has 11 heteroatoms. The maximum absolute atomic E-state index is 13.1. The van der Waals surface area contributed by atoms with E-state index in [0.717, 1.165) is 25.2 Å². The van der Waals surface area contributed by atoms with E-state index in [2.05, 4.69) is 29.7 Å². The minimum Gasteiger partial charge on any atom is -0.380 e. The number of fused-ring (bicyclic) bond motifs is 1. The predicted molar refractivity (Wildman–Crippen MR) is 132 cm³/mol. The summed E-state index contributed by atoms with van der Waals surface area (Å²) in [5.74, 6) is 0.200. The van der Waals surface area contributed by atoms with Crippen LogP contribution in [0.25, 0.3) is 10.9 Å². The zero-order valence-corrected chi connectivity index (χ0v) is 22.3. The minimum absolute atomic E-state index is 0.155. The van der Waals surface area contributed by atoms with Gasteiger partial charge in [-0.25, -0.2) is 13.6 Å². The Bertz CT molecular complexity index is 1210. The third-order valence-electron chi connectivity index (χ3n) is 5.42. The zero-order valence-electron chi connectivity index (χ0n) is 20.5. The number of nitrogens with zero attached hydrogens (tertiary/aromatic N) is 5. The summed E-state index contributed by atoms with van der Waals surface area (Å²) in [4.78, 5) is 4.32. The van der Waals surface area contributed by atoms with Gasteiger partial charge in [0.2, 0.25) is 0 Å². The first-order chi connectivity index (χ1) is 15.3. The van der Waals surface area contributed by atoms with Gasteiger partial charge in [0.05, 0.1) is 17.4 Å². The second-order valence-corrected chi connectivity index (χ2v) is 17.5. The molecular formula is C22H35N5O4SSi. The molecule has 0 radical (unpaired) electrons. The number of ether oxygens (including phenoxy) is 1. The SMILES string of the molecule is CC(C)c1ncc(C(O)c2nn(COCC[Si](C)(C)C)c3ccccc23)n1S(=O)(=O)N(C)C. The number of imidazole rings is 1.